The number of amides is 1. The molecule has 0 aliphatic heterocycles. The van der Waals surface area contributed by atoms with Gasteiger partial charge in [0.1, 0.15) is 12.4 Å². The van der Waals surface area contributed by atoms with Gasteiger partial charge in [-0.1, -0.05) is 42.0 Å². The van der Waals surface area contributed by atoms with E-state index in [1.54, 1.807) is 12.1 Å². The highest BCUT2D eigenvalue weighted by molar-refractivity contribution is 5.82. The molecule has 0 heterocycles. The average molecular weight is 285 g/mol. The van der Waals surface area contributed by atoms with E-state index in [0.717, 1.165) is 16.9 Å². The standard InChI is InChI=1S/C17H19NO3/c1-12-7-9-14(10-8-12)21-11-13-5-3-4-6-15(13)16(19)17(20)18-2/h3-10,16,19H,11H2,1-2H3,(H,18,20). The molecule has 1 atom stereocenters. The first-order valence-corrected chi connectivity index (χ1v) is 6.78. The zero-order valence-corrected chi connectivity index (χ0v) is 12.2. The van der Waals surface area contributed by atoms with Gasteiger partial charge in [0.15, 0.2) is 6.10 Å². The van der Waals surface area contributed by atoms with E-state index in [-0.39, 0.29) is 0 Å². The molecule has 0 bridgehead atoms. The van der Waals surface area contributed by atoms with Crippen LogP contribution in [0.2, 0.25) is 0 Å². The number of aryl methyl sites for hydroxylation is 1. The van der Waals surface area contributed by atoms with Gasteiger partial charge in [-0.15, -0.1) is 0 Å². The summed E-state index contributed by atoms with van der Waals surface area (Å²) >= 11 is 0. The molecule has 21 heavy (non-hydrogen) atoms. The fourth-order valence-corrected chi connectivity index (χ4v) is 2.01. The second-order valence-corrected chi connectivity index (χ2v) is 4.82. The Bertz CT molecular complexity index is 608. The number of ether oxygens (including phenoxy) is 1. The first kappa shape index (κ1) is 15.1. The number of nitrogens with one attached hydrogen (secondary N) is 1. The first-order valence-electron chi connectivity index (χ1n) is 6.78. The summed E-state index contributed by atoms with van der Waals surface area (Å²) in [6.07, 6.45) is -1.19. The number of carbonyl (C=O) groups excluding carboxylic acids is 1. The van der Waals surface area contributed by atoms with E-state index in [4.69, 9.17) is 4.74 Å². The van der Waals surface area contributed by atoms with E-state index in [9.17, 15) is 9.90 Å². The van der Waals surface area contributed by atoms with Crippen LogP contribution in [-0.2, 0) is 11.4 Å². The molecule has 2 N–H and O–H groups in total. The van der Waals surface area contributed by atoms with Gasteiger partial charge in [0.2, 0.25) is 0 Å². The summed E-state index contributed by atoms with van der Waals surface area (Å²) in [5, 5.41) is 12.5. The molecule has 0 aromatic heterocycles. The number of likely N-dealkylation sites (N-methyl/N-ethyl adjacent to an activating group) is 1. The van der Waals surface area contributed by atoms with Crippen LogP contribution in [0.1, 0.15) is 22.8 Å². The lowest BCUT2D eigenvalue weighted by molar-refractivity contribution is -0.129. The van der Waals surface area contributed by atoms with Crippen LogP contribution < -0.4 is 10.1 Å². The minimum absolute atomic E-state index is 0.299. The monoisotopic (exact) mass is 285 g/mol. The minimum atomic E-state index is -1.19. The second-order valence-electron chi connectivity index (χ2n) is 4.82. The lowest BCUT2D eigenvalue weighted by atomic mass is 10.0. The predicted octanol–water partition coefficient (Wildman–Crippen LogP) is 2.35. The average Bonchev–Trinajstić information content (AvgIpc) is 2.53. The van der Waals surface area contributed by atoms with Gasteiger partial charge in [-0.05, 0) is 30.2 Å². The minimum Gasteiger partial charge on any atom is -0.489 e. The Morgan fingerprint density at radius 1 is 1.19 bits per heavy atom. The molecular formula is C17H19NO3. The van der Waals surface area contributed by atoms with Crippen molar-refractivity contribution < 1.29 is 14.6 Å². The molecular weight excluding hydrogens is 266 g/mol. The number of carbonyl (C=O) groups is 1. The van der Waals surface area contributed by atoms with Crippen molar-refractivity contribution in [3.8, 4) is 5.75 Å². The van der Waals surface area contributed by atoms with Crippen LogP contribution in [0, 0.1) is 6.92 Å². The smallest absolute Gasteiger partial charge is 0.253 e. The van der Waals surface area contributed by atoms with E-state index in [1.807, 2.05) is 43.3 Å². The quantitative estimate of drug-likeness (QED) is 0.886. The third-order valence-electron chi connectivity index (χ3n) is 3.26. The molecule has 0 saturated carbocycles. The van der Waals surface area contributed by atoms with Gasteiger partial charge in [-0.2, -0.15) is 0 Å². The van der Waals surface area contributed by atoms with Gasteiger partial charge in [-0.25, -0.2) is 0 Å². The summed E-state index contributed by atoms with van der Waals surface area (Å²) < 4.78 is 5.71. The Kier molecular flexibility index (Phi) is 4.95. The number of hydrogen-bond acceptors (Lipinski definition) is 3. The number of aliphatic hydroxyl groups excluding tert-OH is 1. The van der Waals surface area contributed by atoms with Crippen LogP contribution in [0.15, 0.2) is 48.5 Å². The Hall–Kier alpha value is -2.33. The molecule has 110 valence electrons. The highest BCUT2D eigenvalue weighted by atomic mass is 16.5. The van der Waals surface area contributed by atoms with Crippen LogP contribution in [0.3, 0.4) is 0 Å². The van der Waals surface area contributed by atoms with Crippen molar-refractivity contribution in [2.75, 3.05) is 7.05 Å². The van der Waals surface area contributed by atoms with Crippen molar-refractivity contribution in [1.29, 1.82) is 0 Å². The van der Waals surface area contributed by atoms with Crippen molar-refractivity contribution in [2.24, 2.45) is 0 Å². The van der Waals surface area contributed by atoms with E-state index in [0.29, 0.717) is 12.2 Å². The fourth-order valence-electron chi connectivity index (χ4n) is 2.01. The van der Waals surface area contributed by atoms with Crippen LogP contribution >= 0.6 is 0 Å². The molecule has 1 amide bonds. The summed E-state index contributed by atoms with van der Waals surface area (Å²) in [6, 6.07) is 15.0. The van der Waals surface area contributed by atoms with Crippen molar-refractivity contribution >= 4 is 5.91 Å². The molecule has 2 rings (SSSR count). The molecule has 2 aromatic rings. The van der Waals surface area contributed by atoms with Gasteiger partial charge >= 0.3 is 0 Å². The lowest BCUT2D eigenvalue weighted by Gasteiger charge is -2.15. The van der Waals surface area contributed by atoms with E-state index >= 15 is 0 Å². The van der Waals surface area contributed by atoms with E-state index in [2.05, 4.69) is 5.32 Å². The Morgan fingerprint density at radius 3 is 2.52 bits per heavy atom. The zero-order valence-electron chi connectivity index (χ0n) is 12.2. The Morgan fingerprint density at radius 2 is 1.86 bits per heavy atom. The fraction of sp³-hybridized carbons (Fsp3) is 0.235. The molecule has 0 aliphatic rings. The summed E-state index contributed by atoms with van der Waals surface area (Å²) in [6.45, 7) is 2.31. The predicted molar refractivity (Wildman–Crippen MR) is 81.0 cm³/mol. The molecule has 0 saturated heterocycles. The van der Waals surface area contributed by atoms with Gasteiger partial charge in [-0.3, -0.25) is 4.79 Å². The zero-order chi connectivity index (χ0) is 15.2. The summed E-state index contributed by atoms with van der Waals surface area (Å²) in [5.41, 5.74) is 2.51. The normalized spacial score (nSPS) is 11.8. The van der Waals surface area contributed by atoms with Crippen molar-refractivity contribution in [1.82, 2.24) is 5.32 Å². The number of hydrogen-bond donors (Lipinski definition) is 2. The second kappa shape index (κ2) is 6.90. The molecule has 1 unspecified atom stereocenters. The van der Waals surface area contributed by atoms with Crippen LogP contribution in [0.4, 0.5) is 0 Å². The third-order valence-corrected chi connectivity index (χ3v) is 3.26. The number of rotatable bonds is 5. The van der Waals surface area contributed by atoms with Crippen LogP contribution in [0.25, 0.3) is 0 Å². The maximum atomic E-state index is 11.6. The highest BCUT2D eigenvalue weighted by Gasteiger charge is 2.18. The van der Waals surface area contributed by atoms with Crippen molar-refractivity contribution in [3.05, 3.63) is 65.2 Å². The van der Waals surface area contributed by atoms with Gasteiger partial charge in [0.25, 0.3) is 5.91 Å². The van der Waals surface area contributed by atoms with Crippen molar-refractivity contribution in [2.45, 2.75) is 19.6 Å². The topological polar surface area (TPSA) is 58.6 Å². The van der Waals surface area contributed by atoms with Gasteiger partial charge < -0.3 is 15.2 Å². The first-order chi connectivity index (χ1) is 10.1. The number of benzene rings is 2. The number of aliphatic hydroxyl groups is 1. The summed E-state index contributed by atoms with van der Waals surface area (Å²) in [7, 11) is 1.50. The van der Waals surface area contributed by atoms with Crippen molar-refractivity contribution in [3.63, 3.8) is 0 Å². The molecule has 0 spiro atoms. The van der Waals surface area contributed by atoms with Crippen LogP contribution in [0.5, 0.6) is 5.75 Å². The van der Waals surface area contributed by atoms with Gasteiger partial charge in [0.05, 0.1) is 0 Å². The van der Waals surface area contributed by atoms with Crippen LogP contribution in [-0.4, -0.2) is 18.1 Å². The largest absolute Gasteiger partial charge is 0.489 e. The van der Waals surface area contributed by atoms with E-state index < -0.39 is 12.0 Å². The molecule has 0 fully saturated rings. The van der Waals surface area contributed by atoms with Gasteiger partial charge in [0, 0.05) is 7.05 Å². The molecule has 4 nitrogen and oxygen atoms in total. The molecule has 0 aliphatic carbocycles. The third kappa shape index (κ3) is 3.83. The summed E-state index contributed by atoms with van der Waals surface area (Å²) in [5.74, 6) is 0.322. The van der Waals surface area contributed by atoms with E-state index in [1.165, 1.54) is 7.05 Å². The summed E-state index contributed by atoms with van der Waals surface area (Å²) in [4.78, 5) is 11.6. The highest BCUT2D eigenvalue weighted by Crippen LogP contribution is 2.20. The Labute approximate surface area is 124 Å². The maximum Gasteiger partial charge on any atom is 0.253 e. The molecule has 2 aromatic carbocycles. The molecule has 4 heteroatoms. The Balaban J connectivity index is 2.13. The SMILES string of the molecule is CNC(=O)C(O)c1ccccc1COc1ccc(C)cc1. The maximum absolute atomic E-state index is 11.6. The lowest BCUT2D eigenvalue weighted by Crippen LogP contribution is -2.26. The molecule has 0 radical (unpaired) electrons.